The van der Waals surface area contributed by atoms with E-state index in [0.29, 0.717) is 17.1 Å². The Kier molecular flexibility index (Phi) is 7.40. The number of rotatable bonds is 6. The maximum Gasteiger partial charge on any atom is 0.179 e. The zero-order chi connectivity index (χ0) is 20.5. The minimum absolute atomic E-state index is 0. The van der Waals surface area contributed by atoms with Crippen molar-refractivity contribution < 1.29 is 28.1 Å². The Morgan fingerprint density at radius 3 is 2.38 bits per heavy atom. The topological polar surface area (TPSA) is 105 Å². The van der Waals surface area contributed by atoms with Crippen molar-refractivity contribution in [2.24, 2.45) is 0 Å². The smallest absolute Gasteiger partial charge is 0.179 e. The molecule has 0 saturated carbocycles. The van der Waals surface area contributed by atoms with Gasteiger partial charge in [-0.1, -0.05) is 12.1 Å². The van der Waals surface area contributed by atoms with Crippen LogP contribution in [0.25, 0.3) is 0 Å². The summed E-state index contributed by atoms with van der Waals surface area (Å²) in [7, 11) is -0.427. The highest BCUT2D eigenvalue weighted by molar-refractivity contribution is 7.90. The first-order chi connectivity index (χ1) is 13.2. The summed E-state index contributed by atoms with van der Waals surface area (Å²) in [5, 5.41) is 24.0. The summed E-state index contributed by atoms with van der Waals surface area (Å²) < 4.78 is 34.2. The molecule has 160 valence electrons. The maximum atomic E-state index is 11.8. The molecule has 1 heterocycles. The summed E-state index contributed by atoms with van der Waals surface area (Å²) in [6.45, 7) is 0. The molecule has 0 radical (unpaired) electrons. The molecule has 29 heavy (non-hydrogen) atoms. The van der Waals surface area contributed by atoms with Crippen molar-refractivity contribution in [1.29, 1.82) is 0 Å². The predicted molar refractivity (Wildman–Crippen MR) is 112 cm³/mol. The number of aliphatic hydroxyl groups excluding tert-OH is 1. The van der Waals surface area contributed by atoms with E-state index in [0.717, 1.165) is 24.7 Å². The molecule has 1 fully saturated rings. The molecule has 0 aliphatic carbocycles. The van der Waals surface area contributed by atoms with Crippen LogP contribution in [0.15, 0.2) is 41.3 Å². The van der Waals surface area contributed by atoms with Gasteiger partial charge in [0.25, 0.3) is 0 Å². The van der Waals surface area contributed by atoms with Crippen LogP contribution in [0.3, 0.4) is 0 Å². The summed E-state index contributed by atoms with van der Waals surface area (Å²) in [6.07, 6.45) is 1.77. The lowest BCUT2D eigenvalue weighted by Crippen LogP contribution is -2.30. The molecule has 0 amide bonds. The third-order valence-electron chi connectivity index (χ3n) is 5.10. The molecular formula is C20H26ClNO6S. The Bertz CT molecular complexity index is 965. The van der Waals surface area contributed by atoms with E-state index in [1.807, 2.05) is 0 Å². The van der Waals surface area contributed by atoms with Crippen LogP contribution < -0.4 is 14.8 Å². The van der Waals surface area contributed by atoms with E-state index >= 15 is 0 Å². The Labute approximate surface area is 177 Å². The second-order valence-corrected chi connectivity index (χ2v) is 8.95. The van der Waals surface area contributed by atoms with Gasteiger partial charge in [0.15, 0.2) is 21.3 Å². The molecule has 0 aromatic heterocycles. The van der Waals surface area contributed by atoms with E-state index in [1.165, 1.54) is 12.1 Å². The molecule has 0 spiro atoms. The van der Waals surface area contributed by atoms with Crippen molar-refractivity contribution in [3.63, 3.8) is 0 Å². The van der Waals surface area contributed by atoms with Gasteiger partial charge in [-0.2, -0.15) is 0 Å². The van der Waals surface area contributed by atoms with Crippen LogP contribution in [0.1, 0.15) is 36.1 Å². The number of aromatic hydroxyl groups is 1. The number of nitrogens with one attached hydrogen (secondary N) is 1. The fourth-order valence-electron chi connectivity index (χ4n) is 3.60. The first-order valence-electron chi connectivity index (χ1n) is 8.93. The standard InChI is InChI=1S/C20H25NO6S.ClH/c1-26-17-9-5-13(10-18(17)27-2)20(23)15-7-6-14(21-15)12-4-8-16(22)19(11-12)28(3,24)25;/h4-5,8-11,14-15,20-23H,6-7H2,1-3H3;1H. The normalized spacial score (nSPS) is 20.0. The van der Waals surface area contributed by atoms with E-state index in [9.17, 15) is 18.6 Å². The SMILES string of the molecule is COc1ccc(C(O)C2CCC(c3ccc(O)c(S(C)(=O)=O)c3)N2)cc1OC.Cl. The number of phenols is 1. The molecule has 2 aromatic carbocycles. The van der Waals surface area contributed by atoms with Crippen LogP contribution >= 0.6 is 12.4 Å². The van der Waals surface area contributed by atoms with Gasteiger partial charge in [0.1, 0.15) is 10.6 Å². The molecule has 9 heteroatoms. The van der Waals surface area contributed by atoms with Crippen molar-refractivity contribution in [2.45, 2.75) is 35.9 Å². The van der Waals surface area contributed by atoms with Crippen molar-refractivity contribution in [1.82, 2.24) is 5.32 Å². The van der Waals surface area contributed by atoms with Gasteiger partial charge in [-0.15, -0.1) is 12.4 Å². The lowest BCUT2D eigenvalue weighted by atomic mass is 10.00. The number of phenolic OH excluding ortho intramolecular Hbond substituents is 1. The molecule has 0 bridgehead atoms. The number of hydrogen-bond donors (Lipinski definition) is 3. The van der Waals surface area contributed by atoms with Gasteiger partial charge in [-0.25, -0.2) is 8.42 Å². The first-order valence-corrected chi connectivity index (χ1v) is 10.8. The van der Waals surface area contributed by atoms with Crippen molar-refractivity contribution in [3.8, 4) is 17.2 Å². The summed E-state index contributed by atoms with van der Waals surface area (Å²) in [5.74, 6) is 0.879. The molecule has 1 aliphatic heterocycles. The van der Waals surface area contributed by atoms with Gasteiger partial charge >= 0.3 is 0 Å². The number of halogens is 1. The maximum absolute atomic E-state index is 11.8. The molecule has 3 unspecified atom stereocenters. The lowest BCUT2D eigenvalue weighted by Gasteiger charge is -2.22. The number of ether oxygens (including phenoxy) is 2. The van der Waals surface area contributed by atoms with Crippen LogP contribution in [-0.2, 0) is 9.84 Å². The highest BCUT2D eigenvalue weighted by atomic mass is 35.5. The minimum atomic E-state index is -3.53. The average Bonchev–Trinajstić information content (AvgIpc) is 3.16. The van der Waals surface area contributed by atoms with Gasteiger partial charge in [0.2, 0.25) is 0 Å². The fourth-order valence-corrected chi connectivity index (χ4v) is 4.39. The van der Waals surface area contributed by atoms with E-state index in [4.69, 9.17) is 9.47 Å². The van der Waals surface area contributed by atoms with Gasteiger partial charge in [-0.3, -0.25) is 0 Å². The van der Waals surface area contributed by atoms with Crippen molar-refractivity contribution >= 4 is 22.2 Å². The van der Waals surface area contributed by atoms with Crippen molar-refractivity contribution in [2.75, 3.05) is 20.5 Å². The third-order valence-corrected chi connectivity index (χ3v) is 6.22. The summed E-state index contributed by atoms with van der Waals surface area (Å²) in [6, 6.07) is 9.58. The molecule has 1 saturated heterocycles. The Morgan fingerprint density at radius 1 is 1.07 bits per heavy atom. The van der Waals surface area contributed by atoms with Gasteiger partial charge in [-0.05, 0) is 48.2 Å². The van der Waals surface area contributed by atoms with Crippen LogP contribution in [-0.4, -0.2) is 45.1 Å². The molecule has 3 atom stereocenters. The van der Waals surface area contributed by atoms with Crippen molar-refractivity contribution in [3.05, 3.63) is 47.5 Å². The Morgan fingerprint density at radius 2 is 1.76 bits per heavy atom. The molecule has 7 nitrogen and oxygen atoms in total. The number of hydrogen-bond acceptors (Lipinski definition) is 7. The molecule has 1 aliphatic rings. The van der Waals surface area contributed by atoms with Crippen LogP contribution in [0.4, 0.5) is 0 Å². The highest BCUT2D eigenvalue weighted by Gasteiger charge is 2.32. The van der Waals surface area contributed by atoms with Crippen LogP contribution in [0, 0.1) is 0 Å². The molecule has 3 N–H and O–H groups in total. The monoisotopic (exact) mass is 443 g/mol. The van der Waals surface area contributed by atoms with E-state index in [-0.39, 0.29) is 35.1 Å². The second-order valence-electron chi connectivity index (χ2n) is 6.96. The Hall–Kier alpha value is -2.00. The Balaban J connectivity index is 0.00000300. The largest absolute Gasteiger partial charge is 0.507 e. The van der Waals surface area contributed by atoms with E-state index in [2.05, 4.69) is 5.32 Å². The molecular weight excluding hydrogens is 418 g/mol. The van der Waals surface area contributed by atoms with E-state index < -0.39 is 15.9 Å². The molecule has 3 rings (SSSR count). The zero-order valence-electron chi connectivity index (χ0n) is 16.5. The minimum Gasteiger partial charge on any atom is -0.507 e. The highest BCUT2D eigenvalue weighted by Crippen LogP contribution is 2.37. The fraction of sp³-hybridized carbons (Fsp3) is 0.400. The van der Waals surface area contributed by atoms with E-state index in [1.54, 1.807) is 38.5 Å². The van der Waals surface area contributed by atoms with Gasteiger partial charge in [0, 0.05) is 18.3 Å². The second kappa shape index (κ2) is 9.21. The van der Waals surface area contributed by atoms with Crippen LogP contribution in [0.2, 0.25) is 0 Å². The lowest BCUT2D eigenvalue weighted by molar-refractivity contribution is 0.135. The van der Waals surface area contributed by atoms with Gasteiger partial charge in [0.05, 0.1) is 20.3 Å². The average molecular weight is 444 g/mol. The summed E-state index contributed by atoms with van der Waals surface area (Å²) in [5.41, 5.74) is 1.47. The number of methoxy groups -OCH3 is 2. The third kappa shape index (κ3) is 4.95. The number of sulfone groups is 1. The summed E-state index contributed by atoms with van der Waals surface area (Å²) >= 11 is 0. The predicted octanol–water partition coefficient (Wildman–Crippen LogP) is 2.76. The number of benzene rings is 2. The quantitative estimate of drug-likeness (QED) is 0.630. The number of aliphatic hydroxyl groups is 1. The first kappa shape index (κ1) is 23.3. The zero-order valence-corrected chi connectivity index (χ0v) is 18.1. The summed E-state index contributed by atoms with van der Waals surface area (Å²) in [4.78, 5) is -0.0873. The van der Waals surface area contributed by atoms with Crippen LogP contribution in [0.5, 0.6) is 17.2 Å². The molecule has 2 aromatic rings. The van der Waals surface area contributed by atoms with Gasteiger partial charge < -0.3 is 25.0 Å².